The summed E-state index contributed by atoms with van der Waals surface area (Å²) in [6, 6.07) is 56.5. The average Bonchev–Trinajstić information content (AvgIpc) is 3.81. The summed E-state index contributed by atoms with van der Waals surface area (Å²) in [6.45, 7) is 0. The van der Waals surface area contributed by atoms with Gasteiger partial charge in [-0.2, -0.15) is 0 Å². The maximum absolute atomic E-state index is 4.68. The van der Waals surface area contributed by atoms with Crippen LogP contribution in [0.25, 0.3) is 82.8 Å². The van der Waals surface area contributed by atoms with E-state index >= 15 is 0 Å². The van der Waals surface area contributed by atoms with Crippen LogP contribution in [0.5, 0.6) is 0 Å². The lowest BCUT2D eigenvalue weighted by Gasteiger charge is -2.12. The van der Waals surface area contributed by atoms with Gasteiger partial charge in [-0.1, -0.05) is 78.9 Å². The Labute approximate surface area is 271 Å². The lowest BCUT2D eigenvalue weighted by molar-refractivity contribution is 1.13. The zero-order chi connectivity index (χ0) is 30.9. The van der Waals surface area contributed by atoms with Crippen molar-refractivity contribution in [2.75, 3.05) is 0 Å². The van der Waals surface area contributed by atoms with Crippen LogP contribution in [-0.2, 0) is 0 Å². The first-order valence-electron chi connectivity index (χ1n) is 16.0. The summed E-state index contributed by atoms with van der Waals surface area (Å²) in [5, 5.41) is 6.14. The zero-order valence-electron chi connectivity index (χ0n) is 25.5. The minimum Gasteiger partial charge on any atom is -0.317 e. The third kappa shape index (κ3) is 3.85. The SMILES string of the molecule is c1ccc(-n2ccc3cc4c(cc32)c2ccc3c(c5ccccc5n3-c3ccccc3)c2n4-c2cccc(-c3ccccn3)c2)cc1. The van der Waals surface area contributed by atoms with E-state index in [1.807, 2.05) is 18.3 Å². The molecule has 4 aromatic heterocycles. The van der Waals surface area contributed by atoms with Gasteiger partial charge in [0, 0.05) is 62.0 Å². The second-order valence-electron chi connectivity index (χ2n) is 12.1. The van der Waals surface area contributed by atoms with Crippen LogP contribution in [0.1, 0.15) is 0 Å². The van der Waals surface area contributed by atoms with Gasteiger partial charge in [0.15, 0.2) is 0 Å². The van der Waals surface area contributed by atoms with E-state index < -0.39 is 0 Å². The van der Waals surface area contributed by atoms with Gasteiger partial charge >= 0.3 is 0 Å². The molecule has 4 heteroatoms. The average molecular weight is 601 g/mol. The summed E-state index contributed by atoms with van der Waals surface area (Å²) in [6.07, 6.45) is 4.04. The maximum Gasteiger partial charge on any atom is 0.0702 e. The van der Waals surface area contributed by atoms with Crippen molar-refractivity contribution in [1.82, 2.24) is 18.7 Å². The molecule has 6 aromatic carbocycles. The highest BCUT2D eigenvalue weighted by Gasteiger charge is 2.22. The number of para-hydroxylation sites is 3. The van der Waals surface area contributed by atoms with E-state index in [1.165, 1.54) is 54.5 Å². The van der Waals surface area contributed by atoms with Crippen LogP contribution in [-0.4, -0.2) is 18.7 Å². The van der Waals surface area contributed by atoms with Gasteiger partial charge in [-0.3, -0.25) is 4.98 Å². The van der Waals surface area contributed by atoms with Crippen molar-refractivity contribution in [3.05, 3.63) is 170 Å². The first-order chi connectivity index (χ1) is 23.3. The molecule has 220 valence electrons. The van der Waals surface area contributed by atoms with Crippen LogP contribution in [0.15, 0.2) is 170 Å². The van der Waals surface area contributed by atoms with Crippen molar-refractivity contribution in [2.24, 2.45) is 0 Å². The van der Waals surface area contributed by atoms with Gasteiger partial charge in [0.25, 0.3) is 0 Å². The van der Waals surface area contributed by atoms with Gasteiger partial charge < -0.3 is 13.7 Å². The highest BCUT2D eigenvalue weighted by molar-refractivity contribution is 6.27. The van der Waals surface area contributed by atoms with Gasteiger partial charge in [-0.05, 0) is 78.9 Å². The molecule has 47 heavy (non-hydrogen) atoms. The van der Waals surface area contributed by atoms with Crippen LogP contribution in [0.3, 0.4) is 0 Å². The number of benzene rings is 6. The first-order valence-corrected chi connectivity index (χ1v) is 16.0. The Balaban J connectivity index is 1.37. The number of hydrogen-bond donors (Lipinski definition) is 0. The molecule has 0 N–H and O–H groups in total. The molecule has 0 atom stereocenters. The van der Waals surface area contributed by atoms with Crippen molar-refractivity contribution in [1.29, 1.82) is 0 Å². The minimum absolute atomic E-state index is 0.961. The van der Waals surface area contributed by atoms with E-state index in [1.54, 1.807) is 0 Å². The van der Waals surface area contributed by atoms with E-state index in [0.29, 0.717) is 0 Å². The van der Waals surface area contributed by atoms with Crippen molar-refractivity contribution in [3.63, 3.8) is 0 Å². The third-order valence-corrected chi connectivity index (χ3v) is 9.49. The number of hydrogen-bond acceptors (Lipinski definition) is 1. The zero-order valence-corrected chi connectivity index (χ0v) is 25.5. The van der Waals surface area contributed by atoms with Gasteiger partial charge in [0.1, 0.15) is 0 Å². The fourth-order valence-corrected chi connectivity index (χ4v) is 7.46. The number of pyridine rings is 1. The van der Waals surface area contributed by atoms with Crippen molar-refractivity contribution in [2.45, 2.75) is 0 Å². The quantitative estimate of drug-likeness (QED) is 0.197. The topological polar surface area (TPSA) is 27.7 Å². The van der Waals surface area contributed by atoms with Gasteiger partial charge in [0.05, 0.1) is 33.3 Å². The van der Waals surface area contributed by atoms with E-state index in [-0.39, 0.29) is 0 Å². The Morgan fingerprint density at radius 2 is 1.19 bits per heavy atom. The van der Waals surface area contributed by atoms with E-state index in [9.17, 15) is 0 Å². The number of rotatable bonds is 4. The molecule has 0 radical (unpaired) electrons. The highest BCUT2D eigenvalue weighted by atomic mass is 15.0. The molecule has 0 aliphatic carbocycles. The molecule has 0 aliphatic heterocycles. The molecular weight excluding hydrogens is 573 g/mol. The number of nitrogens with zero attached hydrogens (tertiary/aromatic N) is 4. The molecule has 4 heterocycles. The summed E-state index contributed by atoms with van der Waals surface area (Å²) in [5.41, 5.74) is 11.4. The molecule has 4 nitrogen and oxygen atoms in total. The lowest BCUT2D eigenvalue weighted by Crippen LogP contribution is -1.96. The van der Waals surface area contributed by atoms with Crippen molar-refractivity contribution >= 4 is 54.5 Å². The molecule has 0 bridgehead atoms. The van der Waals surface area contributed by atoms with E-state index in [2.05, 4.69) is 170 Å². The summed E-state index contributed by atoms with van der Waals surface area (Å²) in [5.74, 6) is 0. The summed E-state index contributed by atoms with van der Waals surface area (Å²) in [4.78, 5) is 4.68. The summed E-state index contributed by atoms with van der Waals surface area (Å²) < 4.78 is 7.16. The Kier molecular flexibility index (Phi) is 5.54. The number of aromatic nitrogens is 4. The summed E-state index contributed by atoms with van der Waals surface area (Å²) >= 11 is 0. The molecule has 0 aliphatic rings. The van der Waals surface area contributed by atoms with Crippen LogP contribution in [0.2, 0.25) is 0 Å². The van der Waals surface area contributed by atoms with Crippen molar-refractivity contribution < 1.29 is 0 Å². The second-order valence-corrected chi connectivity index (χ2v) is 12.1. The van der Waals surface area contributed by atoms with Crippen molar-refractivity contribution in [3.8, 4) is 28.3 Å². The van der Waals surface area contributed by atoms with E-state index in [0.717, 1.165) is 28.3 Å². The van der Waals surface area contributed by atoms with Crippen LogP contribution >= 0.6 is 0 Å². The predicted octanol–water partition coefficient (Wildman–Crippen LogP) is 10.9. The maximum atomic E-state index is 4.68. The van der Waals surface area contributed by atoms with Gasteiger partial charge in [0.2, 0.25) is 0 Å². The minimum atomic E-state index is 0.961. The fraction of sp³-hybridized carbons (Fsp3) is 0. The van der Waals surface area contributed by atoms with Crippen LogP contribution in [0, 0.1) is 0 Å². The fourth-order valence-electron chi connectivity index (χ4n) is 7.46. The third-order valence-electron chi connectivity index (χ3n) is 9.49. The number of fused-ring (bicyclic) bond motifs is 8. The molecule has 0 unspecified atom stereocenters. The van der Waals surface area contributed by atoms with Crippen LogP contribution < -0.4 is 0 Å². The smallest absolute Gasteiger partial charge is 0.0702 e. The monoisotopic (exact) mass is 600 g/mol. The molecule has 10 aromatic rings. The second kappa shape index (κ2) is 10.1. The summed E-state index contributed by atoms with van der Waals surface area (Å²) in [7, 11) is 0. The Morgan fingerprint density at radius 1 is 0.426 bits per heavy atom. The molecule has 0 fully saturated rings. The molecule has 10 rings (SSSR count). The Hall–Kier alpha value is -6.39. The molecule has 0 amide bonds. The molecule has 0 saturated heterocycles. The normalized spacial score (nSPS) is 11.8. The molecule has 0 spiro atoms. The highest BCUT2D eigenvalue weighted by Crippen LogP contribution is 2.43. The first kappa shape index (κ1) is 25.9. The Bertz CT molecular complexity index is 2770. The molecular formula is C43H28N4. The van der Waals surface area contributed by atoms with Gasteiger partial charge in [-0.15, -0.1) is 0 Å². The van der Waals surface area contributed by atoms with Gasteiger partial charge in [-0.25, -0.2) is 0 Å². The predicted molar refractivity (Wildman–Crippen MR) is 195 cm³/mol. The molecule has 0 saturated carbocycles. The largest absolute Gasteiger partial charge is 0.317 e. The van der Waals surface area contributed by atoms with Crippen LogP contribution in [0.4, 0.5) is 0 Å². The Morgan fingerprint density at radius 3 is 2.02 bits per heavy atom. The lowest BCUT2D eigenvalue weighted by atomic mass is 10.1. The van der Waals surface area contributed by atoms with E-state index in [4.69, 9.17) is 0 Å². The standard InChI is InChI=1S/C43H28N4/c1-3-13-31(14-4-1)45-25-23-30-27-41-36(28-40(30)45)34-21-22-39-42(35-18-7-8-20-38(35)46(39)32-15-5-2-6-16-32)43(34)47(41)33-17-11-12-29(26-33)37-19-9-10-24-44-37/h1-28H.